The van der Waals surface area contributed by atoms with Gasteiger partial charge in [0.1, 0.15) is 0 Å². The molecule has 3 atom stereocenters. The minimum atomic E-state index is -2.69. The van der Waals surface area contributed by atoms with Gasteiger partial charge in [-0.05, 0) is 0 Å². The van der Waals surface area contributed by atoms with Crippen molar-refractivity contribution in [2.75, 3.05) is 0 Å². The molecule has 2 aliphatic carbocycles. The monoisotopic (exact) mass is 684 g/mol. The van der Waals surface area contributed by atoms with Gasteiger partial charge in [-0.15, -0.1) is 0 Å². The zero-order valence-corrected chi connectivity index (χ0v) is 29.7. The van der Waals surface area contributed by atoms with E-state index in [1.807, 2.05) is 3.28 Å². The van der Waals surface area contributed by atoms with E-state index in [4.69, 9.17) is 0 Å². The van der Waals surface area contributed by atoms with Gasteiger partial charge in [-0.2, -0.15) is 0 Å². The summed E-state index contributed by atoms with van der Waals surface area (Å²) >= 11 is -2.69. The zero-order valence-electron chi connectivity index (χ0n) is 25.8. The molecule has 0 fully saturated rings. The van der Waals surface area contributed by atoms with Gasteiger partial charge < -0.3 is 24.8 Å². The molecule has 0 radical (unpaired) electrons. The van der Waals surface area contributed by atoms with Gasteiger partial charge in [0.15, 0.2) is 0 Å². The number of fused-ring (bicyclic) bond motifs is 3. The van der Waals surface area contributed by atoms with Crippen LogP contribution in [0.25, 0.3) is 11.1 Å². The molecule has 3 heteroatoms. The van der Waals surface area contributed by atoms with E-state index in [1.165, 1.54) is 60.8 Å². The molecule has 0 amide bonds. The Labute approximate surface area is 280 Å². The Kier molecular flexibility index (Phi) is 12.4. The summed E-state index contributed by atoms with van der Waals surface area (Å²) in [5, 5.41) is 0. The van der Waals surface area contributed by atoms with Crippen molar-refractivity contribution in [1.29, 1.82) is 0 Å². The number of hydrogen-bond donors (Lipinski definition) is 0. The van der Waals surface area contributed by atoms with Crippen LogP contribution >= 0.6 is 0 Å². The molecule has 0 nitrogen and oxygen atoms in total. The summed E-state index contributed by atoms with van der Waals surface area (Å²) in [6, 6.07) is 41.7. The predicted molar refractivity (Wildman–Crippen MR) is 173 cm³/mol. The molecule has 0 N–H and O–H groups in total. The van der Waals surface area contributed by atoms with Crippen molar-refractivity contribution in [2.24, 2.45) is 17.8 Å². The average molecular weight is 687 g/mol. The first-order valence-corrected chi connectivity index (χ1v) is 19.9. The topological polar surface area (TPSA) is 0 Å². The molecule has 3 unspecified atom stereocenters. The fourth-order valence-corrected chi connectivity index (χ4v) is 18.1. The third-order valence-electron chi connectivity index (χ3n) is 9.53. The third kappa shape index (κ3) is 6.66. The molecule has 0 saturated heterocycles. The molecule has 0 spiro atoms. The van der Waals surface area contributed by atoms with E-state index in [-0.39, 0.29) is 24.8 Å². The minimum Gasteiger partial charge on any atom is -1.00 e. The Balaban J connectivity index is 0.00000212. The zero-order chi connectivity index (χ0) is 28.2. The molecular formula is C40H44Cl2Zr. The van der Waals surface area contributed by atoms with Gasteiger partial charge in [-0.25, -0.2) is 0 Å². The van der Waals surface area contributed by atoms with Gasteiger partial charge in [0.2, 0.25) is 0 Å². The normalized spacial score (nSPS) is 18.4. The van der Waals surface area contributed by atoms with Crippen LogP contribution in [-0.2, 0) is 21.3 Å². The SMILES string of the molecule is CCCC1C=[C]([Zr+2](=[C](c2ccccc2)c2ccccc2)[CH]2c3ccccc3-c3ccccc32)C(CCC)C1CCC.[Cl-].[Cl-]. The fraction of sp³-hybridized carbons (Fsp3) is 0.325. The molecule has 222 valence electrons. The van der Waals surface area contributed by atoms with E-state index in [0.717, 1.165) is 11.8 Å². The second-order valence-corrected chi connectivity index (χ2v) is 18.2. The van der Waals surface area contributed by atoms with Crippen LogP contribution in [0.3, 0.4) is 0 Å². The number of halogens is 2. The van der Waals surface area contributed by atoms with E-state index in [9.17, 15) is 0 Å². The van der Waals surface area contributed by atoms with Crippen molar-refractivity contribution >= 4 is 3.21 Å². The van der Waals surface area contributed by atoms with Gasteiger partial charge in [-0.3, -0.25) is 0 Å². The van der Waals surface area contributed by atoms with Gasteiger partial charge in [-0.1, -0.05) is 0 Å². The van der Waals surface area contributed by atoms with Crippen LogP contribution in [0, 0.1) is 17.8 Å². The molecule has 43 heavy (non-hydrogen) atoms. The summed E-state index contributed by atoms with van der Waals surface area (Å²) in [6.45, 7) is 7.20. The molecule has 4 aromatic rings. The van der Waals surface area contributed by atoms with E-state index in [1.54, 1.807) is 14.3 Å². The van der Waals surface area contributed by atoms with Gasteiger partial charge in [0, 0.05) is 0 Å². The van der Waals surface area contributed by atoms with Crippen molar-refractivity contribution in [2.45, 2.75) is 62.9 Å². The molecule has 0 saturated carbocycles. The van der Waals surface area contributed by atoms with E-state index in [0.29, 0.717) is 9.54 Å². The van der Waals surface area contributed by atoms with Crippen molar-refractivity contribution in [3.63, 3.8) is 0 Å². The Morgan fingerprint density at radius 3 is 1.51 bits per heavy atom. The summed E-state index contributed by atoms with van der Waals surface area (Å²) in [5.74, 6) is 2.24. The Morgan fingerprint density at radius 2 is 1.02 bits per heavy atom. The fourth-order valence-electron chi connectivity index (χ4n) is 7.97. The van der Waals surface area contributed by atoms with E-state index in [2.05, 4.69) is 136 Å². The largest absolute Gasteiger partial charge is 1.00 e. The summed E-state index contributed by atoms with van der Waals surface area (Å²) in [6.07, 6.45) is 10.7. The molecule has 6 rings (SSSR count). The number of benzene rings is 4. The second-order valence-electron chi connectivity index (χ2n) is 12.1. The van der Waals surface area contributed by atoms with Crippen LogP contribution in [0.1, 0.15) is 85.2 Å². The summed E-state index contributed by atoms with van der Waals surface area (Å²) in [7, 11) is 0. The second kappa shape index (κ2) is 15.8. The van der Waals surface area contributed by atoms with Gasteiger partial charge in [0.05, 0.1) is 0 Å². The van der Waals surface area contributed by atoms with Crippen LogP contribution in [0.15, 0.2) is 119 Å². The molecular weight excluding hydrogens is 643 g/mol. The minimum absolute atomic E-state index is 0. The van der Waals surface area contributed by atoms with Crippen molar-refractivity contribution in [1.82, 2.24) is 0 Å². The first-order chi connectivity index (χ1) is 20.3. The molecule has 0 heterocycles. The van der Waals surface area contributed by atoms with Crippen LogP contribution in [0.2, 0.25) is 0 Å². The van der Waals surface area contributed by atoms with Crippen molar-refractivity contribution < 1.29 is 46.1 Å². The Morgan fingerprint density at radius 1 is 0.558 bits per heavy atom. The number of allylic oxidation sites excluding steroid dienone is 2. The third-order valence-corrected chi connectivity index (χ3v) is 18.1. The molecule has 0 aliphatic heterocycles. The van der Waals surface area contributed by atoms with Crippen molar-refractivity contribution in [3.05, 3.63) is 141 Å². The maximum absolute atomic E-state index is 2.88. The molecule has 4 aromatic carbocycles. The quantitative estimate of drug-likeness (QED) is 0.225. The maximum Gasteiger partial charge on any atom is -1.00 e. The van der Waals surface area contributed by atoms with Crippen LogP contribution < -0.4 is 24.8 Å². The van der Waals surface area contributed by atoms with Crippen LogP contribution in [0.4, 0.5) is 0 Å². The smallest absolute Gasteiger partial charge is 1.00 e. The molecule has 0 bridgehead atoms. The maximum atomic E-state index is 2.88. The van der Waals surface area contributed by atoms with Crippen LogP contribution in [-0.4, -0.2) is 3.21 Å². The van der Waals surface area contributed by atoms with Gasteiger partial charge in [0.25, 0.3) is 0 Å². The average Bonchev–Trinajstić information content (AvgIpc) is 3.52. The summed E-state index contributed by atoms with van der Waals surface area (Å²) < 4.78 is 4.09. The predicted octanol–water partition coefficient (Wildman–Crippen LogP) is 4.80. The first kappa shape index (κ1) is 33.8. The molecule has 2 aliphatic rings. The summed E-state index contributed by atoms with van der Waals surface area (Å²) in [4.78, 5) is 0. The Hall–Kier alpha value is -2.05. The number of rotatable bonds is 10. The molecule has 0 aromatic heterocycles. The number of hydrogen-bond acceptors (Lipinski definition) is 0. The Bertz CT molecular complexity index is 1450. The summed E-state index contributed by atoms with van der Waals surface area (Å²) in [5.41, 5.74) is 8.97. The van der Waals surface area contributed by atoms with E-state index >= 15 is 0 Å². The van der Waals surface area contributed by atoms with Crippen molar-refractivity contribution in [3.8, 4) is 11.1 Å². The van der Waals surface area contributed by atoms with Gasteiger partial charge >= 0.3 is 257 Å². The first-order valence-electron chi connectivity index (χ1n) is 16.0. The van der Waals surface area contributed by atoms with Crippen LogP contribution in [0.5, 0.6) is 0 Å². The van der Waals surface area contributed by atoms with E-state index < -0.39 is 21.3 Å². The standard InChI is InChI=1S/C14H25.C13H9.C13H10.2ClH.Zr/c1-4-7-12-10-11-13(8-5-2)14(12)9-6-3;1-3-7-12-10(5-1)9-11-6-2-4-8-13(11)12;1-3-7-12(8-4-1)11-13-9-5-2-6-10-13;;;/h10,12-14H,4-9H2,1-3H3;1-9H;1-10H;2*1H;/q;;;;;+2/p-2.